The van der Waals surface area contributed by atoms with Crippen molar-refractivity contribution >= 4 is 27.7 Å². The molecule has 5 nitrogen and oxygen atoms in total. The van der Waals surface area contributed by atoms with E-state index in [-0.39, 0.29) is 5.91 Å². The van der Waals surface area contributed by atoms with Crippen LogP contribution in [0.3, 0.4) is 0 Å². The molecule has 0 aliphatic rings. The number of carbonyl (C=O) groups excluding carboxylic acids is 1. The molecule has 15 heavy (non-hydrogen) atoms. The predicted molar refractivity (Wildman–Crippen MR) is 55.6 cm³/mol. The van der Waals surface area contributed by atoms with Gasteiger partial charge in [0.1, 0.15) is 5.76 Å². The van der Waals surface area contributed by atoms with Crippen LogP contribution in [-0.4, -0.2) is 11.1 Å². The number of carbonyl (C=O) groups is 1. The second-order valence-electron chi connectivity index (χ2n) is 2.88. The molecule has 2 aromatic heterocycles. The SMILES string of the molecule is Cc1cc(NC(=O)c2ccoc2Br)no1. The van der Waals surface area contributed by atoms with Gasteiger partial charge in [-0.15, -0.1) is 0 Å². The minimum atomic E-state index is -0.302. The molecule has 0 atom stereocenters. The maximum Gasteiger partial charge on any atom is 0.261 e. The van der Waals surface area contributed by atoms with Gasteiger partial charge in [-0.1, -0.05) is 5.16 Å². The lowest BCUT2D eigenvalue weighted by molar-refractivity contribution is 0.102. The highest BCUT2D eigenvalue weighted by Crippen LogP contribution is 2.19. The van der Waals surface area contributed by atoms with E-state index in [9.17, 15) is 4.79 Å². The van der Waals surface area contributed by atoms with E-state index in [1.807, 2.05) is 0 Å². The third-order valence-corrected chi connectivity index (χ3v) is 2.35. The largest absolute Gasteiger partial charge is 0.457 e. The Morgan fingerprint density at radius 1 is 1.60 bits per heavy atom. The van der Waals surface area contributed by atoms with Gasteiger partial charge in [-0.2, -0.15) is 0 Å². The molecule has 0 aliphatic carbocycles. The summed E-state index contributed by atoms with van der Waals surface area (Å²) in [6.45, 7) is 1.75. The molecule has 2 heterocycles. The van der Waals surface area contributed by atoms with Gasteiger partial charge in [-0.25, -0.2) is 0 Å². The first-order valence-corrected chi connectivity index (χ1v) is 4.94. The van der Waals surface area contributed by atoms with E-state index in [1.165, 1.54) is 6.26 Å². The Balaban J connectivity index is 2.14. The molecule has 1 N–H and O–H groups in total. The molecular formula is C9H7BrN2O3. The number of aryl methyl sites for hydroxylation is 1. The number of aromatic nitrogens is 1. The van der Waals surface area contributed by atoms with Crippen LogP contribution in [0.5, 0.6) is 0 Å². The lowest BCUT2D eigenvalue weighted by Crippen LogP contribution is -2.11. The summed E-state index contributed by atoms with van der Waals surface area (Å²) in [6, 6.07) is 3.19. The van der Waals surface area contributed by atoms with Crippen molar-refractivity contribution in [1.29, 1.82) is 0 Å². The maximum atomic E-state index is 11.6. The number of halogens is 1. The van der Waals surface area contributed by atoms with Crippen molar-refractivity contribution in [1.82, 2.24) is 5.16 Å². The normalized spacial score (nSPS) is 10.3. The van der Waals surface area contributed by atoms with Crippen LogP contribution < -0.4 is 5.32 Å². The lowest BCUT2D eigenvalue weighted by Gasteiger charge is -1.97. The maximum absolute atomic E-state index is 11.6. The average Bonchev–Trinajstić information content (AvgIpc) is 2.75. The van der Waals surface area contributed by atoms with Crippen LogP contribution in [0.2, 0.25) is 0 Å². The summed E-state index contributed by atoms with van der Waals surface area (Å²) in [6.07, 6.45) is 1.42. The molecule has 1 amide bonds. The van der Waals surface area contributed by atoms with Crippen molar-refractivity contribution in [2.45, 2.75) is 6.92 Å². The smallest absolute Gasteiger partial charge is 0.261 e. The third-order valence-electron chi connectivity index (χ3n) is 1.73. The first-order chi connectivity index (χ1) is 7.16. The average molecular weight is 271 g/mol. The molecule has 0 spiro atoms. The Hall–Kier alpha value is -1.56. The van der Waals surface area contributed by atoms with Gasteiger partial charge in [0.05, 0.1) is 11.8 Å². The molecule has 0 bridgehead atoms. The lowest BCUT2D eigenvalue weighted by atomic mass is 10.3. The number of nitrogens with zero attached hydrogens (tertiary/aromatic N) is 1. The highest BCUT2D eigenvalue weighted by molar-refractivity contribution is 9.10. The molecule has 0 aromatic carbocycles. The fourth-order valence-electron chi connectivity index (χ4n) is 1.06. The number of anilines is 1. The van der Waals surface area contributed by atoms with Gasteiger partial charge < -0.3 is 14.3 Å². The molecule has 0 saturated carbocycles. The molecular weight excluding hydrogens is 264 g/mol. The summed E-state index contributed by atoms with van der Waals surface area (Å²) >= 11 is 3.11. The standard InChI is InChI=1S/C9H7BrN2O3/c1-5-4-7(12-15-5)11-9(13)6-2-3-14-8(6)10/h2-4H,1H3,(H,11,12,13). The Kier molecular flexibility index (Phi) is 2.59. The molecule has 0 aliphatic heterocycles. The van der Waals surface area contributed by atoms with Gasteiger partial charge >= 0.3 is 0 Å². The van der Waals surface area contributed by atoms with Gasteiger partial charge in [0, 0.05) is 6.07 Å². The number of amides is 1. The third kappa shape index (κ3) is 2.10. The van der Waals surface area contributed by atoms with Gasteiger partial charge in [-0.05, 0) is 28.9 Å². The Labute approximate surface area is 93.6 Å². The summed E-state index contributed by atoms with van der Waals surface area (Å²) in [5.41, 5.74) is 0.413. The van der Waals surface area contributed by atoms with Crippen molar-refractivity contribution in [2.24, 2.45) is 0 Å². The van der Waals surface area contributed by atoms with Crippen molar-refractivity contribution in [2.75, 3.05) is 5.32 Å². The second-order valence-corrected chi connectivity index (χ2v) is 3.61. The van der Waals surface area contributed by atoms with Crippen LogP contribution in [0.4, 0.5) is 5.82 Å². The van der Waals surface area contributed by atoms with Crippen molar-refractivity contribution < 1.29 is 13.7 Å². The van der Waals surface area contributed by atoms with Crippen LogP contribution in [-0.2, 0) is 0 Å². The van der Waals surface area contributed by atoms with Crippen LogP contribution in [0.1, 0.15) is 16.1 Å². The minimum Gasteiger partial charge on any atom is -0.457 e. The molecule has 6 heteroatoms. The summed E-state index contributed by atoms with van der Waals surface area (Å²) < 4.78 is 10.1. The Morgan fingerprint density at radius 2 is 2.40 bits per heavy atom. The number of hydrogen-bond donors (Lipinski definition) is 1. The second kappa shape index (κ2) is 3.90. The summed E-state index contributed by atoms with van der Waals surface area (Å²) in [7, 11) is 0. The van der Waals surface area contributed by atoms with Crippen molar-refractivity contribution in [3.8, 4) is 0 Å². The highest BCUT2D eigenvalue weighted by Gasteiger charge is 2.13. The Bertz CT molecular complexity index is 489. The van der Waals surface area contributed by atoms with Gasteiger partial charge in [0.25, 0.3) is 5.91 Å². The van der Waals surface area contributed by atoms with Crippen LogP contribution in [0.25, 0.3) is 0 Å². The molecule has 0 fully saturated rings. The topological polar surface area (TPSA) is 68.3 Å². The molecule has 78 valence electrons. The zero-order chi connectivity index (χ0) is 10.8. The van der Waals surface area contributed by atoms with Crippen molar-refractivity contribution in [3.63, 3.8) is 0 Å². The zero-order valence-corrected chi connectivity index (χ0v) is 9.37. The predicted octanol–water partition coefficient (Wildman–Crippen LogP) is 2.59. The fraction of sp³-hybridized carbons (Fsp3) is 0.111. The van der Waals surface area contributed by atoms with E-state index in [1.54, 1.807) is 19.1 Å². The summed E-state index contributed by atoms with van der Waals surface area (Å²) in [4.78, 5) is 11.6. The molecule has 0 radical (unpaired) electrons. The van der Waals surface area contributed by atoms with E-state index < -0.39 is 0 Å². The van der Waals surface area contributed by atoms with Gasteiger partial charge in [-0.3, -0.25) is 4.79 Å². The van der Waals surface area contributed by atoms with Crippen LogP contribution in [0.15, 0.2) is 32.0 Å². The summed E-state index contributed by atoms with van der Waals surface area (Å²) in [5, 5.41) is 6.21. The highest BCUT2D eigenvalue weighted by atomic mass is 79.9. The van der Waals surface area contributed by atoms with E-state index >= 15 is 0 Å². The first-order valence-electron chi connectivity index (χ1n) is 4.14. The molecule has 2 aromatic rings. The number of hydrogen-bond acceptors (Lipinski definition) is 4. The first kappa shape index (κ1) is 9.97. The quantitative estimate of drug-likeness (QED) is 0.911. The molecule has 0 saturated heterocycles. The monoisotopic (exact) mass is 270 g/mol. The van der Waals surface area contributed by atoms with E-state index in [2.05, 4.69) is 26.4 Å². The van der Waals surface area contributed by atoms with Crippen molar-refractivity contribution in [3.05, 3.63) is 34.4 Å². The number of rotatable bonds is 2. The number of furan rings is 1. The van der Waals surface area contributed by atoms with Crippen LogP contribution >= 0.6 is 15.9 Å². The molecule has 2 rings (SSSR count). The fourth-order valence-corrected chi connectivity index (χ4v) is 1.48. The minimum absolute atomic E-state index is 0.302. The van der Waals surface area contributed by atoms with E-state index in [0.29, 0.717) is 21.8 Å². The summed E-state index contributed by atoms with van der Waals surface area (Å²) in [5.74, 6) is 0.714. The van der Waals surface area contributed by atoms with Gasteiger partial charge in [0.2, 0.25) is 0 Å². The van der Waals surface area contributed by atoms with Crippen LogP contribution in [0, 0.1) is 6.92 Å². The van der Waals surface area contributed by atoms with E-state index in [0.717, 1.165) is 0 Å². The Morgan fingerprint density at radius 3 is 2.93 bits per heavy atom. The molecule has 0 unspecified atom stereocenters. The van der Waals surface area contributed by atoms with E-state index in [4.69, 9.17) is 8.94 Å². The van der Waals surface area contributed by atoms with Gasteiger partial charge in [0.15, 0.2) is 10.5 Å². The number of nitrogens with one attached hydrogen (secondary N) is 1. The zero-order valence-electron chi connectivity index (χ0n) is 7.78.